The molecule has 0 aliphatic carbocycles. The van der Waals surface area contributed by atoms with Gasteiger partial charge in [-0.15, -0.1) is 6.58 Å². The van der Waals surface area contributed by atoms with Gasteiger partial charge in [0.15, 0.2) is 0 Å². The number of hydrogen-bond acceptors (Lipinski definition) is 3. The van der Waals surface area contributed by atoms with E-state index in [1.807, 2.05) is 0 Å². The second-order valence-electron chi connectivity index (χ2n) is 3.33. The molecule has 0 heterocycles. The van der Waals surface area contributed by atoms with E-state index in [0.29, 0.717) is 0 Å². The number of rotatable bonds is 6. The van der Waals surface area contributed by atoms with Crippen LogP contribution in [-0.4, -0.2) is 47.2 Å². The fourth-order valence-corrected chi connectivity index (χ4v) is 1.11. The second-order valence-corrected chi connectivity index (χ2v) is 3.33. The lowest BCUT2D eigenvalue weighted by Crippen LogP contribution is -2.49. The Morgan fingerprint density at radius 3 is 2.35 bits per heavy atom. The highest BCUT2D eigenvalue weighted by atomic mass is 19.4. The van der Waals surface area contributed by atoms with Gasteiger partial charge in [0, 0.05) is 0 Å². The molecule has 8 heteroatoms. The van der Waals surface area contributed by atoms with Crippen molar-refractivity contribution in [1.29, 1.82) is 0 Å². The molecule has 0 aromatic carbocycles. The molecule has 0 bridgehead atoms. The Balaban J connectivity index is 4.72. The van der Waals surface area contributed by atoms with Gasteiger partial charge in [-0.1, -0.05) is 6.08 Å². The van der Waals surface area contributed by atoms with Gasteiger partial charge >= 0.3 is 12.1 Å². The molecule has 0 saturated heterocycles. The van der Waals surface area contributed by atoms with Crippen LogP contribution in [-0.2, 0) is 9.59 Å². The molecule has 1 amide bonds. The number of carbonyl (C=O) groups is 2. The molecule has 3 N–H and O–H groups in total. The minimum Gasteiger partial charge on any atom is -0.480 e. The van der Waals surface area contributed by atoms with Crippen molar-refractivity contribution in [2.24, 2.45) is 5.73 Å². The summed E-state index contributed by atoms with van der Waals surface area (Å²) in [7, 11) is 0. The highest BCUT2D eigenvalue weighted by Gasteiger charge is 2.35. The third-order valence-corrected chi connectivity index (χ3v) is 1.75. The molecule has 98 valence electrons. The molecule has 0 saturated carbocycles. The Morgan fingerprint density at radius 1 is 1.47 bits per heavy atom. The quantitative estimate of drug-likeness (QED) is 0.670. The number of amides is 1. The standard InChI is InChI=1S/C9H13F3N2O3/c1-2-3-6(13)8(17)14(4-7(15)16)5-9(10,11)12/h2,6H,1,3-5,13H2,(H,15,16). The van der Waals surface area contributed by atoms with Crippen LogP contribution in [0.2, 0.25) is 0 Å². The van der Waals surface area contributed by atoms with Crippen molar-refractivity contribution >= 4 is 11.9 Å². The first-order valence-corrected chi connectivity index (χ1v) is 4.61. The Morgan fingerprint density at radius 2 is 2.00 bits per heavy atom. The maximum atomic E-state index is 12.1. The minimum absolute atomic E-state index is 0.0210. The first-order valence-electron chi connectivity index (χ1n) is 4.61. The summed E-state index contributed by atoms with van der Waals surface area (Å²) >= 11 is 0. The van der Waals surface area contributed by atoms with Crippen LogP contribution < -0.4 is 5.73 Å². The van der Waals surface area contributed by atoms with Gasteiger partial charge in [0.05, 0.1) is 6.04 Å². The van der Waals surface area contributed by atoms with Crippen molar-refractivity contribution in [3.05, 3.63) is 12.7 Å². The van der Waals surface area contributed by atoms with E-state index >= 15 is 0 Å². The van der Waals surface area contributed by atoms with Gasteiger partial charge in [-0.2, -0.15) is 13.2 Å². The maximum Gasteiger partial charge on any atom is 0.406 e. The van der Waals surface area contributed by atoms with Crippen molar-refractivity contribution in [2.75, 3.05) is 13.1 Å². The number of hydrogen-bond donors (Lipinski definition) is 2. The fraction of sp³-hybridized carbons (Fsp3) is 0.556. The molecule has 0 spiro atoms. The zero-order chi connectivity index (χ0) is 13.6. The zero-order valence-corrected chi connectivity index (χ0v) is 8.91. The number of aliphatic carboxylic acids is 1. The van der Waals surface area contributed by atoms with E-state index in [1.165, 1.54) is 6.08 Å². The Hall–Kier alpha value is -1.57. The van der Waals surface area contributed by atoms with Crippen LogP contribution in [0, 0.1) is 0 Å². The highest BCUT2D eigenvalue weighted by Crippen LogP contribution is 2.17. The maximum absolute atomic E-state index is 12.1. The lowest BCUT2D eigenvalue weighted by Gasteiger charge is -2.24. The van der Waals surface area contributed by atoms with Gasteiger partial charge in [0.2, 0.25) is 5.91 Å². The predicted molar refractivity (Wildman–Crippen MR) is 53.1 cm³/mol. The van der Waals surface area contributed by atoms with Crippen LogP contribution in [0.15, 0.2) is 12.7 Å². The van der Waals surface area contributed by atoms with Crippen molar-refractivity contribution < 1.29 is 27.9 Å². The smallest absolute Gasteiger partial charge is 0.406 e. The summed E-state index contributed by atoms with van der Waals surface area (Å²) in [5, 5.41) is 8.42. The summed E-state index contributed by atoms with van der Waals surface area (Å²) in [6.07, 6.45) is -3.42. The molecule has 0 aliphatic heterocycles. The number of nitrogens with two attached hydrogens (primary N) is 1. The molecule has 0 aliphatic rings. The molecule has 0 rings (SSSR count). The predicted octanol–water partition coefficient (Wildman–Crippen LogP) is 0.365. The molecule has 5 nitrogen and oxygen atoms in total. The molecular weight excluding hydrogens is 241 g/mol. The van der Waals surface area contributed by atoms with Crippen LogP contribution in [0.4, 0.5) is 13.2 Å². The number of carboxylic acid groups (broad SMARTS) is 1. The summed E-state index contributed by atoms with van der Waals surface area (Å²) in [4.78, 5) is 22.0. The van der Waals surface area contributed by atoms with Crippen LogP contribution in [0.1, 0.15) is 6.42 Å². The van der Waals surface area contributed by atoms with Crippen LogP contribution >= 0.6 is 0 Å². The molecule has 0 radical (unpaired) electrons. The molecule has 0 fully saturated rings. The first kappa shape index (κ1) is 15.4. The highest BCUT2D eigenvalue weighted by molar-refractivity contribution is 5.85. The van der Waals surface area contributed by atoms with E-state index in [9.17, 15) is 22.8 Å². The van der Waals surface area contributed by atoms with E-state index in [-0.39, 0.29) is 11.3 Å². The average molecular weight is 254 g/mol. The van der Waals surface area contributed by atoms with Gasteiger partial charge in [0.25, 0.3) is 0 Å². The topological polar surface area (TPSA) is 83.6 Å². The van der Waals surface area contributed by atoms with Gasteiger partial charge in [-0.05, 0) is 6.42 Å². The lowest BCUT2D eigenvalue weighted by atomic mass is 10.2. The third-order valence-electron chi connectivity index (χ3n) is 1.75. The summed E-state index contributed by atoms with van der Waals surface area (Å²) in [5.41, 5.74) is 5.30. The minimum atomic E-state index is -4.67. The monoisotopic (exact) mass is 254 g/mol. The number of carboxylic acids is 1. The molecule has 1 atom stereocenters. The van der Waals surface area contributed by atoms with Crippen molar-refractivity contribution in [2.45, 2.75) is 18.6 Å². The van der Waals surface area contributed by atoms with Crippen LogP contribution in [0.5, 0.6) is 0 Å². The van der Waals surface area contributed by atoms with E-state index < -0.39 is 37.2 Å². The number of alkyl halides is 3. The van der Waals surface area contributed by atoms with E-state index in [1.54, 1.807) is 0 Å². The molecule has 1 unspecified atom stereocenters. The number of halogens is 3. The summed E-state index contributed by atoms with van der Waals surface area (Å²) in [6, 6.07) is -1.21. The Labute approximate surface area is 95.7 Å². The molecular formula is C9H13F3N2O3. The van der Waals surface area contributed by atoms with Crippen molar-refractivity contribution in [1.82, 2.24) is 4.90 Å². The van der Waals surface area contributed by atoms with E-state index in [0.717, 1.165) is 0 Å². The first-order chi connectivity index (χ1) is 7.67. The SMILES string of the molecule is C=CCC(N)C(=O)N(CC(=O)O)CC(F)(F)F. The summed E-state index contributed by atoms with van der Waals surface area (Å²) in [5.74, 6) is -2.60. The number of carbonyl (C=O) groups excluding carboxylic acids is 1. The molecule has 0 aromatic heterocycles. The second kappa shape index (κ2) is 6.24. The van der Waals surface area contributed by atoms with Crippen molar-refractivity contribution in [3.63, 3.8) is 0 Å². The van der Waals surface area contributed by atoms with Crippen molar-refractivity contribution in [3.8, 4) is 0 Å². The Kier molecular flexibility index (Phi) is 5.66. The molecule has 0 aromatic rings. The summed E-state index contributed by atoms with van der Waals surface area (Å²) in [6.45, 7) is 0.614. The van der Waals surface area contributed by atoms with Crippen LogP contribution in [0.3, 0.4) is 0 Å². The largest absolute Gasteiger partial charge is 0.480 e. The van der Waals surface area contributed by atoms with Crippen LogP contribution in [0.25, 0.3) is 0 Å². The fourth-order valence-electron chi connectivity index (χ4n) is 1.11. The molecule has 17 heavy (non-hydrogen) atoms. The van der Waals surface area contributed by atoms with Gasteiger partial charge < -0.3 is 15.7 Å². The zero-order valence-electron chi connectivity index (χ0n) is 8.91. The van der Waals surface area contributed by atoms with Gasteiger partial charge in [-0.25, -0.2) is 0 Å². The van der Waals surface area contributed by atoms with Gasteiger partial charge in [-0.3, -0.25) is 9.59 Å². The van der Waals surface area contributed by atoms with E-state index in [2.05, 4.69) is 6.58 Å². The normalized spacial score (nSPS) is 12.9. The number of nitrogens with zero attached hydrogens (tertiary/aromatic N) is 1. The third kappa shape index (κ3) is 6.56. The average Bonchev–Trinajstić information content (AvgIpc) is 2.13. The Bertz CT molecular complexity index is 304. The lowest BCUT2D eigenvalue weighted by molar-refractivity contribution is -0.166. The summed E-state index contributed by atoms with van der Waals surface area (Å²) < 4.78 is 36.4. The van der Waals surface area contributed by atoms with Gasteiger partial charge in [0.1, 0.15) is 13.1 Å². The van der Waals surface area contributed by atoms with E-state index in [4.69, 9.17) is 10.8 Å².